The minimum atomic E-state index is -4.44. The van der Waals surface area contributed by atoms with Crippen LogP contribution in [0.15, 0.2) is 48.7 Å². The van der Waals surface area contributed by atoms with Crippen molar-refractivity contribution in [3.8, 4) is 11.5 Å². The predicted molar refractivity (Wildman–Crippen MR) is 137 cm³/mol. The first-order valence-corrected chi connectivity index (χ1v) is 11.1. The SMILES string of the molecule is COCCc1ccc2ccc(-c3nnc4ccc([C@@H](N5CC[C@H](N)C5)C(F)(F)F)cn34)nc2c1.Cl.Cl. The zero-order valence-corrected chi connectivity index (χ0v) is 21.1. The highest BCUT2D eigenvalue weighted by atomic mass is 35.5. The van der Waals surface area contributed by atoms with Gasteiger partial charge in [0.1, 0.15) is 11.7 Å². The highest BCUT2D eigenvalue weighted by Crippen LogP contribution is 2.39. The molecule has 194 valence electrons. The topological polar surface area (TPSA) is 81.6 Å². The Morgan fingerprint density at radius 2 is 1.89 bits per heavy atom. The Balaban J connectivity index is 0.00000180. The normalized spacial score (nSPS) is 17.2. The second-order valence-corrected chi connectivity index (χ2v) is 8.67. The number of alkyl halides is 3. The van der Waals surface area contributed by atoms with Crippen LogP contribution >= 0.6 is 24.8 Å². The van der Waals surface area contributed by atoms with Crippen LogP contribution in [0.3, 0.4) is 0 Å². The molecule has 0 radical (unpaired) electrons. The maximum Gasteiger partial charge on any atom is 0.408 e. The van der Waals surface area contributed by atoms with E-state index in [1.165, 1.54) is 17.2 Å². The molecule has 0 unspecified atom stereocenters. The van der Waals surface area contributed by atoms with Crippen molar-refractivity contribution in [3.05, 3.63) is 59.8 Å². The molecule has 2 N–H and O–H groups in total. The highest BCUT2D eigenvalue weighted by Gasteiger charge is 2.46. The quantitative estimate of drug-likeness (QED) is 0.383. The van der Waals surface area contributed by atoms with Gasteiger partial charge in [-0.15, -0.1) is 35.0 Å². The summed E-state index contributed by atoms with van der Waals surface area (Å²) in [4.78, 5) is 6.13. The third-order valence-electron chi connectivity index (χ3n) is 6.25. The van der Waals surface area contributed by atoms with E-state index in [4.69, 9.17) is 15.5 Å². The van der Waals surface area contributed by atoms with Crippen LogP contribution in [0.25, 0.3) is 28.1 Å². The van der Waals surface area contributed by atoms with E-state index in [2.05, 4.69) is 10.2 Å². The van der Waals surface area contributed by atoms with Crippen molar-refractivity contribution >= 4 is 41.4 Å². The van der Waals surface area contributed by atoms with Gasteiger partial charge in [-0.2, -0.15) is 13.2 Å². The van der Waals surface area contributed by atoms with Crippen molar-refractivity contribution in [3.63, 3.8) is 0 Å². The molecule has 1 fully saturated rings. The minimum absolute atomic E-state index is 0. The van der Waals surface area contributed by atoms with Crippen LogP contribution in [0.2, 0.25) is 0 Å². The molecule has 1 aliphatic rings. The lowest BCUT2D eigenvalue weighted by Gasteiger charge is -2.30. The monoisotopic (exact) mass is 542 g/mol. The van der Waals surface area contributed by atoms with Gasteiger partial charge in [-0.05, 0) is 42.2 Å². The lowest BCUT2D eigenvalue weighted by atomic mass is 10.1. The van der Waals surface area contributed by atoms with Gasteiger partial charge >= 0.3 is 6.18 Å². The van der Waals surface area contributed by atoms with Crippen molar-refractivity contribution in [2.45, 2.75) is 31.1 Å². The Bertz CT molecular complexity index is 1330. The fourth-order valence-corrected chi connectivity index (χ4v) is 4.56. The first-order chi connectivity index (χ1) is 16.3. The number of rotatable bonds is 6. The number of benzene rings is 1. The van der Waals surface area contributed by atoms with Crippen molar-refractivity contribution in [2.24, 2.45) is 5.73 Å². The van der Waals surface area contributed by atoms with Gasteiger partial charge in [0, 0.05) is 37.8 Å². The van der Waals surface area contributed by atoms with Crippen LogP contribution in [0.1, 0.15) is 23.6 Å². The molecule has 5 rings (SSSR count). The molecule has 0 saturated carbocycles. The van der Waals surface area contributed by atoms with Crippen molar-refractivity contribution in [2.75, 3.05) is 26.8 Å². The average Bonchev–Trinajstić information content (AvgIpc) is 3.42. The Morgan fingerprint density at radius 1 is 1.11 bits per heavy atom. The van der Waals surface area contributed by atoms with E-state index in [-0.39, 0.29) is 43.0 Å². The summed E-state index contributed by atoms with van der Waals surface area (Å²) in [5.74, 6) is 0.389. The van der Waals surface area contributed by atoms with Crippen LogP contribution < -0.4 is 5.73 Å². The summed E-state index contributed by atoms with van der Waals surface area (Å²) in [6.45, 7) is 1.11. The summed E-state index contributed by atoms with van der Waals surface area (Å²) in [5, 5.41) is 9.34. The molecule has 4 aromatic rings. The van der Waals surface area contributed by atoms with Gasteiger partial charge in [-0.1, -0.05) is 24.3 Å². The standard InChI is InChI=1S/C24H25F3N6O.2ClH/c1-34-11-9-15-2-3-16-4-6-19(29-20(16)12-15)23-31-30-21-7-5-17(13-33(21)23)22(24(25,26)27)32-10-8-18(28)14-32;;/h2-7,12-13,18,22H,8-11,14,28H2,1H3;2*1H/t18-,22+;;/m0../s1. The maximum absolute atomic E-state index is 14.1. The average molecular weight is 543 g/mol. The molecule has 0 bridgehead atoms. The molecule has 0 spiro atoms. The van der Waals surface area contributed by atoms with E-state index in [0.717, 1.165) is 22.9 Å². The number of nitrogens with two attached hydrogens (primary N) is 1. The zero-order valence-electron chi connectivity index (χ0n) is 19.5. The van der Waals surface area contributed by atoms with Crippen LogP contribution in [-0.2, 0) is 11.2 Å². The summed E-state index contributed by atoms with van der Waals surface area (Å²) in [7, 11) is 1.66. The molecule has 1 aliphatic heterocycles. The third-order valence-corrected chi connectivity index (χ3v) is 6.25. The summed E-state index contributed by atoms with van der Waals surface area (Å²) < 4.78 is 49.0. The number of hydrogen-bond acceptors (Lipinski definition) is 6. The largest absolute Gasteiger partial charge is 0.408 e. The Kier molecular flexibility index (Phi) is 8.79. The van der Waals surface area contributed by atoms with Gasteiger partial charge in [0.2, 0.25) is 0 Å². The van der Waals surface area contributed by atoms with E-state index >= 15 is 0 Å². The molecular formula is C24H27Cl2F3N6O. The Labute approximate surface area is 218 Å². The second-order valence-electron chi connectivity index (χ2n) is 8.67. The summed E-state index contributed by atoms with van der Waals surface area (Å²) in [6, 6.07) is 10.8. The molecule has 7 nitrogen and oxygen atoms in total. The number of halogens is 5. The number of aromatic nitrogens is 4. The number of pyridine rings is 2. The number of ether oxygens (including phenoxy) is 1. The van der Waals surface area contributed by atoms with E-state index in [0.29, 0.717) is 36.7 Å². The smallest absolute Gasteiger partial charge is 0.384 e. The van der Waals surface area contributed by atoms with Gasteiger partial charge in [-0.25, -0.2) is 4.98 Å². The van der Waals surface area contributed by atoms with Crippen molar-refractivity contribution < 1.29 is 17.9 Å². The van der Waals surface area contributed by atoms with Crippen LogP contribution in [0, 0.1) is 0 Å². The number of fused-ring (bicyclic) bond motifs is 2. The fraction of sp³-hybridized carbons (Fsp3) is 0.375. The summed E-state index contributed by atoms with van der Waals surface area (Å²) in [5.41, 5.74) is 8.87. The molecule has 2 atom stereocenters. The van der Waals surface area contributed by atoms with Gasteiger partial charge in [0.25, 0.3) is 0 Å². The zero-order chi connectivity index (χ0) is 23.9. The molecule has 12 heteroatoms. The second kappa shape index (κ2) is 11.3. The number of hydrogen-bond donors (Lipinski definition) is 1. The highest BCUT2D eigenvalue weighted by molar-refractivity contribution is 5.85. The van der Waals surface area contributed by atoms with Crippen molar-refractivity contribution in [1.29, 1.82) is 0 Å². The minimum Gasteiger partial charge on any atom is -0.384 e. The first-order valence-electron chi connectivity index (χ1n) is 11.1. The molecule has 0 amide bonds. The first kappa shape index (κ1) is 28.1. The Morgan fingerprint density at radius 3 is 2.58 bits per heavy atom. The van der Waals surface area contributed by atoms with Crippen LogP contribution in [0.5, 0.6) is 0 Å². The summed E-state index contributed by atoms with van der Waals surface area (Å²) in [6.07, 6.45) is -1.67. The molecule has 1 aromatic carbocycles. The van der Waals surface area contributed by atoms with Crippen LogP contribution in [0.4, 0.5) is 13.2 Å². The lowest BCUT2D eigenvalue weighted by molar-refractivity contribution is -0.183. The van der Waals surface area contributed by atoms with Gasteiger partial charge in [0.15, 0.2) is 11.5 Å². The van der Waals surface area contributed by atoms with Crippen LogP contribution in [-0.4, -0.2) is 63.5 Å². The van der Waals surface area contributed by atoms with E-state index in [1.807, 2.05) is 24.3 Å². The van der Waals surface area contributed by atoms with E-state index in [9.17, 15) is 13.2 Å². The number of methoxy groups -OCH3 is 1. The molecular weight excluding hydrogens is 516 g/mol. The van der Waals surface area contributed by atoms with Crippen molar-refractivity contribution in [1.82, 2.24) is 24.5 Å². The summed E-state index contributed by atoms with van der Waals surface area (Å²) >= 11 is 0. The maximum atomic E-state index is 14.1. The van der Waals surface area contributed by atoms with Gasteiger partial charge < -0.3 is 10.5 Å². The van der Waals surface area contributed by atoms with E-state index in [1.54, 1.807) is 23.6 Å². The number of nitrogens with zero attached hydrogens (tertiary/aromatic N) is 5. The van der Waals surface area contributed by atoms with Gasteiger partial charge in [0.05, 0.1) is 12.1 Å². The predicted octanol–water partition coefficient (Wildman–Crippen LogP) is 4.61. The Hall–Kier alpha value is -2.50. The van der Waals surface area contributed by atoms with E-state index < -0.39 is 12.2 Å². The number of likely N-dealkylation sites (tertiary alicyclic amines) is 1. The molecule has 0 aliphatic carbocycles. The third kappa shape index (κ3) is 5.57. The fourth-order valence-electron chi connectivity index (χ4n) is 4.56. The lowest BCUT2D eigenvalue weighted by Crippen LogP contribution is -2.38. The molecule has 36 heavy (non-hydrogen) atoms. The van der Waals surface area contributed by atoms with Gasteiger partial charge in [-0.3, -0.25) is 9.30 Å². The molecule has 3 aromatic heterocycles. The molecule has 4 heterocycles. The molecule has 1 saturated heterocycles.